The summed E-state index contributed by atoms with van der Waals surface area (Å²) in [6.07, 6.45) is 2.46. The maximum absolute atomic E-state index is 11.5. The highest BCUT2D eigenvalue weighted by molar-refractivity contribution is 5.84. The average molecular weight is 288 g/mol. The van der Waals surface area contributed by atoms with Gasteiger partial charge in [0.2, 0.25) is 5.91 Å². The Morgan fingerprint density at radius 1 is 1.15 bits per heavy atom. The first kappa shape index (κ1) is 19.4. The van der Waals surface area contributed by atoms with Crippen molar-refractivity contribution >= 4 is 5.91 Å². The van der Waals surface area contributed by atoms with Crippen LogP contribution in [0.3, 0.4) is 0 Å². The lowest BCUT2D eigenvalue weighted by atomic mass is 9.95. The summed E-state index contributed by atoms with van der Waals surface area (Å²) in [6, 6.07) is 0. The number of nitrogens with one attached hydrogen (secondary N) is 1. The van der Waals surface area contributed by atoms with E-state index in [0.29, 0.717) is 26.2 Å². The summed E-state index contributed by atoms with van der Waals surface area (Å²) in [5.74, 6) is -0.304. The Bertz CT molecular complexity index is 277. The first-order chi connectivity index (χ1) is 9.21. The summed E-state index contributed by atoms with van der Waals surface area (Å²) < 4.78 is 11.1. The Morgan fingerprint density at radius 2 is 1.80 bits per heavy atom. The molecule has 0 aromatic heterocycles. The SMILES string of the molecule is CCCNC(C)(CCCOCCOC(C)(C)C)C(N)=O. The van der Waals surface area contributed by atoms with E-state index in [0.717, 1.165) is 19.4 Å². The van der Waals surface area contributed by atoms with Crippen LogP contribution < -0.4 is 11.1 Å². The van der Waals surface area contributed by atoms with Gasteiger partial charge in [-0.15, -0.1) is 0 Å². The van der Waals surface area contributed by atoms with Gasteiger partial charge in [-0.2, -0.15) is 0 Å². The summed E-state index contributed by atoms with van der Waals surface area (Å²) in [4.78, 5) is 11.5. The molecule has 3 N–H and O–H groups in total. The molecular weight excluding hydrogens is 256 g/mol. The van der Waals surface area contributed by atoms with Gasteiger partial charge in [-0.05, 0) is 53.5 Å². The molecule has 5 nitrogen and oxygen atoms in total. The molecule has 0 aromatic rings. The van der Waals surface area contributed by atoms with Gasteiger partial charge >= 0.3 is 0 Å². The molecule has 20 heavy (non-hydrogen) atoms. The zero-order valence-corrected chi connectivity index (χ0v) is 13.8. The van der Waals surface area contributed by atoms with Gasteiger partial charge in [-0.1, -0.05) is 6.92 Å². The Kier molecular flexibility index (Phi) is 9.01. The molecule has 1 unspecified atom stereocenters. The van der Waals surface area contributed by atoms with Crippen LogP contribution in [0.25, 0.3) is 0 Å². The minimum Gasteiger partial charge on any atom is -0.379 e. The molecule has 0 saturated carbocycles. The van der Waals surface area contributed by atoms with E-state index in [4.69, 9.17) is 15.2 Å². The average Bonchev–Trinajstić information content (AvgIpc) is 2.33. The molecular formula is C15H32N2O3. The maximum Gasteiger partial charge on any atom is 0.237 e. The largest absolute Gasteiger partial charge is 0.379 e. The molecule has 0 spiro atoms. The van der Waals surface area contributed by atoms with Crippen molar-refractivity contribution in [1.29, 1.82) is 0 Å². The van der Waals surface area contributed by atoms with E-state index in [1.54, 1.807) is 0 Å². The van der Waals surface area contributed by atoms with Gasteiger partial charge in [-0.3, -0.25) is 4.79 Å². The Balaban J connectivity index is 3.77. The van der Waals surface area contributed by atoms with E-state index in [9.17, 15) is 4.79 Å². The predicted octanol–water partition coefficient (Wildman–Crippen LogP) is 1.84. The van der Waals surface area contributed by atoms with Crippen molar-refractivity contribution < 1.29 is 14.3 Å². The third-order valence-electron chi connectivity index (χ3n) is 3.04. The number of nitrogens with two attached hydrogens (primary N) is 1. The normalized spacial score (nSPS) is 15.1. The quantitative estimate of drug-likeness (QED) is 0.569. The van der Waals surface area contributed by atoms with Crippen molar-refractivity contribution in [2.75, 3.05) is 26.4 Å². The molecule has 5 heteroatoms. The predicted molar refractivity (Wildman–Crippen MR) is 81.7 cm³/mol. The van der Waals surface area contributed by atoms with E-state index >= 15 is 0 Å². The lowest BCUT2D eigenvalue weighted by molar-refractivity contribution is -0.124. The van der Waals surface area contributed by atoms with Crippen LogP contribution in [-0.4, -0.2) is 43.4 Å². The maximum atomic E-state index is 11.5. The van der Waals surface area contributed by atoms with Crippen LogP contribution in [0, 0.1) is 0 Å². The zero-order chi connectivity index (χ0) is 15.6. The number of ether oxygens (including phenoxy) is 2. The molecule has 0 aliphatic rings. The standard InChI is InChI=1S/C15H32N2O3/c1-6-9-17-15(5,13(16)18)8-7-10-19-11-12-20-14(2,3)4/h17H,6-12H2,1-5H3,(H2,16,18). The van der Waals surface area contributed by atoms with Crippen molar-refractivity contribution in [3.63, 3.8) is 0 Å². The van der Waals surface area contributed by atoms with Gasteiger partial charge in [0.25, 0.3) is 0 Å². The molecule has 0 bridgehead atoms. The number of carbonyl (C=O) groups is 1. The fourth-order valence-corrected chi connectivity index (χ4v) is 1.74. The first-order valence-electron chi connectivity index (χ1n) is 7.48. The third-order valence-corrected chi connectivity index (χ3v) is 3.04. The third kappa shape index (κ3) is 9.28. The van der Waals surface area contributed by atoms with E-state index < -0.39 is 5.54 Å². The Labute approximate surface area is 123 Å². The van der Waals surface area contributed by atoms with Crippen LogP contribution in [0.5, 0.6) is 0 Å². The fourth-order valence-electron chi connectivity index (χ4n) is 1.74. The molecule has 0 aromatic carbocycles. The highest BCUT2D eigenvalue weighted by Gasteiger charge is 2.29. The van der Waals surface area contributed by atoms with Crippen LogP contribution in [0.15, 0.2) is 0 Å². The summed E-state index contributed by atoms with van der Waals surface area (Å²) in [7, 11) is 0. The number of carbonyl (C=O) groups excluding carboxylic acids is 1. The van der Waals surface area contributed by atoms with Crippen LogP contribution in [-0.2, 0) is 14.3 Å². The van der Waals surface area contributed by atoms with Crippen LogP contribution in [0.4, 0.5) is 0 Å². The second-order valence-corrected chi connectivity index (χ2v) is 6.30. The zero-order valence-electron chi connectivity index (χ0n) is 13.8. The minimum atomic E-state index is -0.638. The molecule has 1 amide bonds. The van der Waals surface area contributed by atoms with E-state index in [2.05, 4.69) is 12.2 Å². The molecule has 0 fully saturated rings. The molecule has 0 rings (SSSR count). The number of hydrogen-bond acceptors (Lipinski definition) is 4. The van der Waals surface area contributed by atoms with Gasteiger partial charge in [-0.25, -0.2) is 0 Å². The van der Waals surface area contributed by atoms with E-state index in [1.807, 2.05) is 27.7 Å². The second kappa shape index (κ2) is 9.32. The highest BCUT2D eigenvalue weighted by Crippen LogP contribution is 2.12. The highest BCUT2D eigenvalue weighted by atomic mass is 16.5. The van der Waals surface area contributed by atoms with Crippen molar-refractivity contribution in [1.82, 2.24) is 5.32 Å². The summed E-state index contributed by atoms with van der Waals surface area (Å²) in [6.45, 7) is 12.5. The van der Waals surface area contributed by atoms with E-state index in [1.165, 1.54) is 0 Å². The monoisotopic (exact) mass is 288 g/mol. The number of amides is 1. The summed E-state index contributed by atoms with van der Waals surface area (Å²) in [5.41, 5.74) is 4.70. The number of hydrogen-bond donors (Lipinski definition) is 2. The van der Waals surface area contributed by atoms with Crippen LogP contribution in [0.1, 0.15) is 53.9 Å². The van der Waals surface area contributed by atoms with Crippen molar-refractivity contribution in [3.05, 3.63) is 0 Å². The number of rotatable bonds is 11. The van der Waals surface area contributed by atoms with Gasteiger partial charge in [0, 0.05) is 6.61 Å². The molecule has 1 atom stereocenters. The molecule has 0 radical (unpaired) electrons. The summed E-state index contributed by atoms with van der Waals surface area (Å²) >= 11 is 0. The van der Waals surface area contributed by atoms with Crippen molar-refractivity contribution in [2.45, 2.75) is 65.0 Å². The lowest BCUT2D eigenvalue weighted by Crippen LogP contribution is -2.53. The van der Waals surface area contributed by atoms with Gasteiger partial charge < -0.3 is 20.5 Å². The molecule has 0 aliphatic carbocycles. The molecule has 0 saturated heterocycles. The van der Waals surface area contributed by atoms with Crippen molar-refractivity contribution in [3.8, 4) is 0 Å². The van der Waals surface area contributed by atoms with Gasteiger partial charge in [0.05, 0.1) is 24.4 Å². The summed E-state index contributed by atoms with van der Waals surface area (Å²) in [5, 5.41) is 3.21. The lowest BCUT2D eigenvalue weighted by Gasteiger charge is -2.27. The molecule has 120 valence electrons. The number of primary amides is 1. The Hall–Kier alpha value is -0.650. The molecule has 0 heterocycles. The van der Waals surface area contributed by atoms with Gasteiger partial charge in [0.1, 0.15) is 0 Å². The van der Waals surface area contributed by atoms with Crippen LogP contribution in [0.2, 0.25) is 0 Å². The fraction of sp³-hybridized carbons (Fsp3) is 0.933. The van der Waals surface area contributed by atoms with E-state index in [-0.39, 0.29) is 11.5 Å². The molecule has 0 aliphatic heterocycles. The van der Waals surface area contributed by atoms with Crippen molar-refractivity contribution in [2.24, 2.45) is 5.73 Å². The smallest absolute Gasteiger partial charge is 0.237 e. The van der Waals surface area contributed by atoms with Crippen LogP contribution >= 0.6 is 0 Å². The Morgan fingerprint density at radius 3 is 2.30 bits per heavy atom. The minimum absolute atomic E-state index is 0.127. The first-order valence-corrected chi connectivity index (χ1v) is 7.48. The van der Waals surface area contributed by atoms with Gasteiger partial charge in [0.15, 0.2) is 0 Å². The topological polar surface area (TPSA) is 73.6 Å². The second-order valence-electron chi connectivity index (χ2n) is 6.30.